The molecular formula is C13H13BrFNO2. The maximum absolute atomic E-state index is 13.1. The van der Waals surface area contributed by atoms with E-state index in [0.717, 1.165) is 10.0 Å². The Morgan fingerprint density at radius 3 is 2.89 bits per heavy atom. The van der Waals surface area contributed by atoms with Crippen LogP contribution < -0.4 is 5.32 Å². The first kappa shape index (κ1) is 13.3. The molecule has 3 nitrogen and oxygen atoms in total. The van der Waals surface area contributed by atoms with Crippen LogP contribution >= 0.6 is 15.9 Å². The highest BCUT2D eigenvalue weighted by atomic mass is 79.9. The van der Waals surface area contributed by atoms with Crippen molar-refractivity contribution in [3.8, 4) is 0 Å². The minimum absolute atomic E-state index is 0.0829. The van der Waals surface area contributed by atoms with Gasteiger partial charge in [0, 0.05) is 11.0 Å². The van der Waals surface area contributed by atoms with Crippen LogP contribution in [-0.2, 0) is 6.54 Å². The summed E-state index contributed by atoms with van der Waals surface area (Å²) in [5.41, 5.74) is 0.792. The molecular weight excluding hydrogens is 301 g/mol. The quantitative estimate of drug-likeness (QED) is 0.892. The average Bonchev–Trinajstić information content (AvgIpc) is 2.88. The molecule has 1 aromatic heterocycles. The van der Waals surface area contributed by atoms with Crippen molar-refractivity contribution in [1.82, 2.24) is 5.32 Å². The van der Waals surface area contributed by atoms with Gasteiger partial charge in [0.25, 0.3) is 0 Å². The second-order valence-electron chi connectivity index (χ2n) is 3.87. The first-order chi connectivity index (χ1) is 8.70. The van der Waals surface area contributed by atoms with E-state index in [1.54, 1.807) is 24.5 Å². The van der Waals surface area contributed by atoms with Crippen LogP contribution in [0.2, 0.25) is 0 Å². The zero-order chi connectivity index (χ0) is 13.0. The number of aliphatic hydroxyl groups excluding tert-OH is 1. The monoisotopic (exact) mass is 313 g/mol. The second-order valence-corrected chi connectivity index (χ2v) is 4.72. The molecule has 1 atom stereocenters. The highest BCUT2D eigenvalue weighted by Gasteiger charge is 2.13. The molecule has 2 N–H and O–H groups in total. The van der Waals surface area contributed by atoms with E-state index in [1.807, 2.05) is 0 Å². The van der Waals surface area contributed by atoms with Gasteiger partial charge in [-0.2, -0.15) is 0 Å². The molecule has 1 aromatic carbocycles. The molecule has 2 aromatic rings. The maximum atomic E-state index is 13.1. The van der Waals surface area contributed by atoms with Gasteiger partial charge in [0.15, 0.2) is 0 Å². The Kier molecular flexibility index (Phi) is 4.52. The van der Waals surface area contributed by atoms with E-state index in [4.69, 9.17) is 4.42 Å². The van der Waals surface area contributed by atoms with E-state index >= 15 is 0 Å². The Balaban J connectivity index is 2.04. The lowest BCUT2D eigenvalue weighted by Crippen LogP contribution is -2.23. The zero-order valence-electron chi connectivity index (χ0n) is 9.57. The molecule has 18 heavy (non-hydrogen) atoms. The van der Waals surface area contributed by atoms with E-state index in [0.29, 0.717) is 12.3 Å². The predicted molar refractivity (Wildman–Crippen MR) is 69.5 cm³/mol. The lowest BCUT2D eigenvalue weighted by molar-refractivity contribution is 0.225. The Morgan fingerprint density at radius 1 is 1.39 bits per heavy atom. The summed E-state index contributed by atoms with van der Waals surface area (Å²) >= 11 is 3.36. The fraction of sp³-hybridized carbons (Fsp3) is 0.231. The van der Waals surface area contributed by atoms with Gasteiger partial charge in [0.1, 0.15) is 11.6 Å². The molecule has 1 heterocycles. The lowest BCUT2D eigenvalue weighted by Gasteiger charge is -2.14. The molecule has 0 radical (unpaired) electrons. The highest BCUT2D eigenvalue weighted by Crippen LogP contribution is 2.19. The third-order valence-corrected chi connectivity index (χ3v) is 3.39. The summed E-state index contributed by atoms with van der Waals surface area (Å²) in [4.78, 5) is 0. The number of furan rings is 1. The molecule has 0 aliphatic heterocycles. The van der Waals surface area contributed by atoms with Crippen molar-refractivity contribution in [3.63, 3.8) is 0 Å². The minimum Gasteiger partial charge on any atom is -0.468 e. The van der Waals surface area contributed by atoms with Crippen molar-refractivity contribution in [2.45, 2.75) is 12.6 Å². The molecule has 0 aliphatic carbocycles. The van der Waals surface area contributed by atoms with Crippen LogP contribution in [0.4, 0.5) is 4.39 Å². The minimum atomic E-state index is -0.296. The van der Waals surface area contributed by atoms with Crippen LogP contribution in [0, 0.1) is 5.82 Å². The number of halogens is 2. The fourth-order valence-corrected chi connectivity index (χ4v) is 2.04. The SMILES string of the molecule is OCC(NCc1cc(F)ccc1Br)c1ccco1. The van der Waals surface area contributed by atoms with Crippen molar-refractivity contribution < 1.29 is 13.9 Å². The topological polar surface area (TPSA) is 45.4 Å². The summed E-state index contributed by atoms with van der Waals surface area (Å²) in [5, 5.41) is 12.4. The van der Waals surface area contributed by atoms with Crippen LogP contribution in [-0.4, -0.2) is 11.7 Å². The van der Waals surface area contributed by atoms with Crippen LogP contribution in [0.15, 0.2) is 45.5 Å². The van der Waals surface area contributed by atoms with Gasteiger partial charge in [-0.3, -0.25) is 0 Å². The summed E-state index contributed by atoms with van der Waals surface area (Å²) in [6, 6.07) is 7.76. The zero-order valence-corrected chi connectivity index (χ0v) is 11.2. The molecule has 0 spiro atoms. The molecule has 5 heteroatoms. The van der Waals surface area contributed by atoms with E-state index < -0.39 is 0 Å². The van der Waals surface area contributed by atoms with Gasteiger partial charge >= 0.3 is 0 Å². The Labute approximate surface area is 113 Å². The van der Waals surface area contributed by atoms with Crippen LogP contribution in [0.3, 0.4) is 0 Å². The lowest BCUT2D eigenvalue weighted by atomic mass is 10.2. The molecule has 96 valence electrons. The number of nitrogens with one attached hydrogen (secondary N) is 1. The van der Waals surface area contributed by atoms with Crippen molar-refractivity contribution in [3.05, 3.63) is 58.2 Å². The predicted octanol–water partition coefficient (Wildman–Crippen LogP) is 3.00. The number of rotatable bonds is 5. The largest absolute Gasteiger partial charge is 0.468 e. The van der Waals surface area contributed by atoms with Crippen LogP contribution in [0.25, 0.3) is 0 Å². The van der Waals surface area contributed by atoms with Gasteiger partial charge < -0.3 is 14.8 Å². The summed E-state index contributed by atoms with van der Waals surface area (Å²) < 4.78 is 19.2. The molecule has 0 saturated carbocycles. The highest BCUT2D eigenvalue weighted by molar-refractivity contribution is 9.10. The number of benzene rings is 1. The third kappa shape index (κ3) is 3.19. The summed E-state index contributed by atoms with van der Waals surface area (Å²) in [6.45, 7) is 0.352. The first-order valence-electron chi connectivity index (χ1n) is 5.52. The van der Waals surface area contributed by atoms with Gasteiger partial charge in [-0.05, 0) is 35.9 Å². The fourth-order valence-electron chi connectivity index (χ4n) is 1.66. The number of hydrogen-bond acceptors (Lipinski definition) is 3. The normalized spacial score (nSPS) is 12.6. The molecule has 1 unspecified atom stereocenters. The number of hydrogen-bond donors (Lipinski definition) is 2. The Hall–Kier alpha value is -1.17. The van der Waals surface area contributed by atoms with Crippen molar-refractivity contribution in [1.29, 1.82) is 0 Å². The van der Waals surface area contributed by atoms with Crippen molar-refractivity contribution in [2.24, 2.45) is 0 Å². The number of aliphatic hydroxyl groups is 1. The smallest absolute Gasteiger partial charge is 0.123 e. The summed E-state index contributed by atoms with van der Waals surface area (Å²) in [7, 11) is 0. The molecule has 0 fully saturated rings. The van der Waals surface area contributed by atoms with Gasteiger partial charge in [-0.25, -0.2) is 4.39 Å². The second kappa shape index (κ2) is 6.13. The van der Waals surface area contributed by atoms with Gasteiger partial charge in [-0.15, -0.1) is 0 Å². The van der Waals surface area contributed by atoms with Gasteiger partial charge in [-0.1, -0.05) is 15.9 Å². The van der Waals surface area contributed by atoms with E-state index in [9.17, 15) is 9.50 Å². The van der Waals surface area contributed by atoms with E-state index in [1.165, 1.54) is 12.1 Å². The Bertz CT molecular complexity index is 502. The van der Waals surface area contributed by atoms with Crippen molar-refractivity contribution >= 4 is 15.9 Å². The molecule has 0 bridgehead atoms. The standard InChI is InChI=1S/C13H13BrFNO2/c14-11-4-3-10(15)6-9(11)7-16-12(8-17)13-2-1-5-18-13/h1-6,12,16-17H,7-8H2. The summed E-state index contributed by atoms with van der Waals surface area (Å²) in [5.74, 6) is 0.374. The summed E-state index contributed by atoms with van der Waals surface area (Å²) in [6.07, 6.45) is 1.55. The Morgan fingerprint density at radius 2 is 2.22 bits per heavy atom. The third-order valence-electron chi connectivity index (χ3n) is 2.62. The van der Waals surface area contributed by atoms with Gasteiger partial charge in [0.2, 0.25) is 0 Å². The first-order valence-corrected chi connectivity index (χ1v) is 6.31. The molecule has 2 rings (SSSR count). The average molecular weight is 314 g/mol. The molecule has 0 amide bonds. The molecule has 0 aliphatic rings. The van der Waals surface area contributed by atoms with E-state index in [2.05, 4.69) is 21.2 Å². The van der Waals surface area contributed by atoms with Crippen LogP contribution in [0.1, 0.15) is 17.4 Å². The van der Waals surface area contributed by atoms with E-state index in [-0.39, 0.29) is 18.5 Å². The maximum Gasteiger partial charge on any atom is 0.123 e. The van der Waals surface area contributed by atoms with Gasteiger partial charge in [0.05, 0.1) is 18.9 Å². The van der Waals surface area contributed by atoms with Crippen LogP contribution in [0.5, 0.6) is 0 Å². The van der Waals surface area contributed by atoms with Crippen molar-refractivity contribution in [2.75, 3.05) is 6.61 Å². The molecule has 0 saturated heterocycles.